The summed E-state index contributed by atoms with van der Waals surface area (Å²) >= 11 is 0. The highest BCUT2D eigenvalue weighted by Crippen LogP contribution is 2.56. The molecule has 4 heteroatoms. The predicted octanol–water partition coefficient (Wildman–Crippen LogP) is 4.79. The Morgan fingerprint density at radius 3 is 2.30 bits per heavy atom. The highest BCUT2D eigenvalue weighted by Gasteiger charge is 2.35. The summed E-state index contributed by atoms with van der Waals surface area (Å²) in [5.74, 6) is 1.57. The lowest BCUT2D eigenvalue weighted by molar-refractivity contribution is 0.0458. The third-order valence-electron chi connectivity index (χ3n) is 3.17. The van der Waals surface area contributed by atoms with Crippen LogP contribution in [-0.4, -0.2) is 13.2 Å². The maximum absolute atomic E-state index is 12.6. The van der Waals surface area contributed by atoms with E-state index in [4.69, 9.17) is 9.05 Å². The van der Waals surface area contributed by atoms with Crippen molar-refractivity contribution in [2.45, 2.75) is 20.8 Å². The third-order valence-corrected chi connectivity index (χ3v) is 4.74. The van der Waals surface area contributed by atoms with Crippen molar-refractivity contribution in [3.63, 3.8) is 0 Å². The van der Waals surface area contributed by atoms with Gasteiger partial charge in [-0.3, -0.25) is 4.57 Å². The molecule has 0 aliphatic carbocycles. The van der Waals surface area contributed by atoms with E-state index in [0.717, 1.165) is 11.1 Å². The van der Waals surface area contributed by atoms with Gasteiger partial charge in [-0.2, -0.15) is 0 Å². The van der Waals surface area contributed by atoms with E-state index >= 15 is 0 Å². The number of allylic oxidation sites excluding steroid dienone is 2. The van der Waals surface area contributed by atoms with E-state index in [1.54, 1.807) is 11.9 Å². The molecule has 0 bridgehead atoms. The van der Waals surface area contributed by atoms with Crippen LogP contribution in [0.25, 0.3) is 5.57 Å². The zero-order valence-electron chi connectivity index (χ0n) is 12.3. The van der Waals surface area contributed by atoms with Crippen LogP contribution in [0.4, 0.5) is 0 Å². The molecule has 0 atom stereocenters. The van der Waals surface area contributed by atoms with Crippen LogP contribution in [0.15, 0.2) is 42.7 Å². The predicted molar refractivity (Wildman–Crippen MR) is 82.6 cm³/mol. The molecule has 2 rings (SSSR count). The summed E-state index contributed by atoms with van der Waals surface area (Å²) in [5.41, 5.74) is 2.81. The fourth-order valence-corrected chi connectivity index (χ4v) is 3.72. The molecular weight excluding hydrogens is 271 g/mol. The lowest BCUT2D eigenvalue weighted by Crippen LogP contribution is -2.28. The highest BCUT2D eigenvalue weighted by molar-refractivity contribution is 7.57. The Labute approximate surface area is 120 Å². The molecule has 0 amide bonds. The van der Waals surface area contributed by atoms with Crippen molar-refractivity contribution < 1.29 is 13.6 Å². The van der Waals surface area contributed by atoms with Gasteiger partial charge in [0.15, 0.2) is 0 Å². The summed E-state index contributed by atoms with van der Waals surface area (Å²) in [6.45, 7) is 10.7. The maximum atomic E-state index is 12.6. The molecule has 1 aliphatic heterocycles. The molecule has 1 fully saturated rings. The zero-order valence-corrected chi connectivity index (χ0v) is 13.2. The number of aryl methyl sites for hydroxylation is 1. The van der Waals surface area contributed by atoms with Crippen molar-refractivity contribution in [1.29, 1.82) is 0 Å². The number of rotatable bonds is 3. The van der Waals surface area contributed by atoms with Crippen LogP contribution in [0.5, 0.6) is 0 Å². The summed E-state index contributed by atoms with van der Waals surface area (Å²) in [5, 5.41) is 0. The van der Waals surface area contributed by atoms with E-state index in [-0.39, 0.29) is 5.41 Å². The second kappa shape index (κ2) is 5.69. The van der Waals surface area contributed by atoms with Crippen LogP contribution in [0, 0.1) is 12.3 Å². The van der Waals surface area contributed by atoms with Gasteiger partial charge in [0.25, 0.3) is 0 Å². The minimum Gasteiger partial charge on any atom is -0.305 e. The number of hydrogen-bond acceptors (Lipinski definition) is 3. The van der Waals surface area contributed by atoms with Gasteiger partial charge in [-0.15, -0.1) is 0 Å². The average molecular weight is 292 g/mol. The lowest BCUT2D eigenvalue weighted by atomic mass is 9.97. The van der Waals surface area contributed by atoms with Gasteiger partial charge in [0, 0.05) is 11.2 Å². The summed E-state index contributed by atoms with van der Waals surface area (Å²) in [7, 11) is -3.18. The first-order chi connectivity index (χ1) is 9.34. The minimum atomic E-state index is -3.18. The molecule has 1 aromatic carbocycles. The first-order valence-corrected chi connectivity index (χ1v) is 8.26. The van der Waals surface area contributed by atoms with Crippen molar-refractivity contribution in [2.24, 2.45) is 5.41 Å². The van der Waals surface area contributed by atoms with E-state index in [9.17, 15) is 4.57 Å². The number of hydrogen-bond donors (Lipinski definition) is 0. The molecule has 20 heavy (non-hydrogen) atoms. The van der Waals surface area contributed by atoms with Gasteiger partial charge in [0.2, 0.25) is 0 Å². The second-order valence-corrected chi connectivity index (χ2v) is 7.76. The van der Waals surface area contributed by atoms with Crippen LogP contribution in [0.3, 0.4) is 0 Å². The molecule has 1 aliphatic rings. The van der Waals surface area contributed by atoms with Crippen LogP contribution in [0.2, 0.25) is 0 Å². The van der Waals surface area contributed by atoms with E-state index in [1.165, 1.54) is 5.56 Å². The third kappa shape index (κ3) is 3.69. The molecule has 108 valence electrons. The van der Waals surface area contributed by atoms with Crippen LogP contribution < -0.4 is 0 Å². The number of benzene rings is 1. The second-order valence-electron chi connectivity index (χ2n) is 5.91. The van der Waals surface area contributed by atoms with Gasteiger partial charge in [-0.1, -0.05) is 56.3 Å². The van der Waals surface area contributed by atoms with Gasteiger partial charge < -0.3 is 9.05 Å². The van der Waals surface area contributed by atoms with Gasteiger partial charge in [0.1, 0.15) is 0 Å². The molecule has 0 aromatic heterocycles. The Kier molecular flexibility index (Phi) is 4.33. The Hall–Kier alpha value is -1.15. The molecule has 1 heterocycles. The summed E-state index contributed by atoms with van der Waals surface area (Å²) in [6.07, 6.45) is 1.68. The topological polar surface area (TPSA) is 35.5 Å². The molecule has 0 spiro atoms. The van der Waals surface area contributed by atoms with Crippen LogP contribution in [0.1, 0.15) is 25.0 Å². The van der Waals surface area contributed by atoms with Crippen LogP contribution >= 0.6 is 7.60 Å². The summed E-state index contributed by atoms with van der Waals surface area (Å²) in [6, 6.07) is 7.97. The van der Waals surface area contributed by atoms with Crippen molar-refractivity contribution in [1.82, 2.24) is 0 Å². The van der Waals surface area contributed by atoms with E-state index < -0.39 is 7.60 Å². The Morgan fingerprint density at radius 1 is 1.25 bits per heavy atom. The summed E-state index contributed by atoms with van der Waals surface area (Å²) in [4.78, 5) is 0. The van der Waals surface area contributed by atoms with E-state index in [1.807, 2.05) is 45.0 Å². The molecular formula is C16H21O3P. The zero-order chi connectivity index (χ0) is 14.8. The minimum absolute atomic E-state index is 0.0973. The lowest BCUT2D eigenvalue weighted by Gasteiger charge is -2.32. The first kappa shape index (κ1) is 15.2. The summed E-state index contributed by atoms with van der Waals surface area (Å²) < 4.78 is 23.5. The molecule has 1 saturated heterocycles. The van der Waals surface area contributed by atoms with Gasteiger partial charge in [0.05, 0.1) is 13.2 Å². The molecule has 0 N–H and O–H groups in total. The molecule has 1 aromatic rings. The maximum Gasteiger partial charge on any atom is 0.354 e. The fourth-order valence-electron chi connectivity index (χ4n) is 1.84. The fraction of sp³-hybridized carbons (Fsp3) is 0.375. The normalized spacial score (nSPS) is 21.4. The Morgan fingerprint density at radius 2 is 1.80 bits per heavy atom. The average Bonchev–Trinajstić information content (AvgIpc) is 2.42. The largest absolute Gasteiger partial charge is 0.354 e. The monoisotopic (exact) mass is 292 g/mol. The quantitative estimate of drug-likeness (QED) is 0.593. The van der Waals surface area contributed by atoms with Crippen molar-refractivity contribution in [2.75, 3.05) is 13.2 Å². The van der Waals surface area contributed by atoms with Gasteiger partial charge in [-0.05, 0) is 18.1 Å². The Bertz CT molecular complexity index is 556. The standard InChI is InChI=1S/C16H21O3P/c1-5-14(15-8-6-13(2)7-9-15)10-20(17)18-11-16(3,4)12-19-20/h5-10H,1,11-12H2,2-4H3/b14-10+. The highest BCUT2D eigenvalue weighted by atomic mass is 31.2. The molecule has 3 nitrogen and oxygen atoms in total. The van der Waals surface area contributed by atoms with Crippen molar-refractivity contribution in [3.8, 4) is 0 Å². The van der Waals surface area contributed by atoms with Crippen LogP contribution in [-0.2, 0) is 13.6 Å². The molecule has 0 saturated carbocycles. The molecule has 0 radical (unpaired) electrons. The molecule has 0 unspecified atom stereocenters. The van der Waals surface area contributed by atoms with E-state index in [2.05, 4.69) is 6.58 Å². The Balaban J connectivity index is 2.25. The smallest absolute Gasteiger partial charge is 0.305 e. The van der Waals surface area contributed by atoms with Gasteiger partial charge >= 0.3 is 7.60 Å². The van der Waals surface area contributed by atoms with Gasteiger partial charge in [-0.25, -0.2) is 0 Å². The first-order valence-electron chi connectivity index (χ1n) is 6.65. The SMILES string of the molecule is C=C/C(=C\P1(=O)OCC(C)(C)CO1)c1ccc(C)cc1. The van der Waals surface area contributed by atoms with Crippen molar-refractivity contribution >= 4 is 13.2 Å². The van der Waals surface area contributed by atoms with E-state index in [0.29, 0.717) is 13.2 Å². The van der Waals surface area contributed by atoms with Crippen molar-refractivity contribution in [3.05, 3.63) is 53.9 Å².